The average molecular weight is 2050 g/mol. The summed E-state index contributed by atoms with van der Waals surface area (Å²) in [6.07, 6.45) is 12.8. The van der Waals surface area contributed by atoms with Crippen LogP contribution in [0.15, 0.2) is 359 Å². The Morgan fingerprint density at radius 3 is 0.993 bits per heavy atom. The summed E-state index contributed by atoms with van der Waals surface area (Å²) in [6, 6.07) is 84.8. The standard InChI is InChI=1S/2C24H22F3N.C20H21F3N2.2C19H19F3N2.C19H22N2/c25-24(26,27)22-9-4-8-21(17-22)18-11-14-28(15-12-18)16-13-20-7-3-6-19-5-1-2-10-23(19)20;25-24(26,27)23-7-3-6-22(17-23)20-11-14-28(15-12-20)13-10-18-8-9-19-4-1-2-5-21(19)16-18;1-15-4-3-10-24-19(15)9-13-25-11-7-16(8-12-25)17-5-2-6-18(14-17)20(21,22)23;20-19(21,22)18-5-1-4-17(13-18)16-7-11-24(12-8-16)10-6-15-3-2-9-23-14-15;20-19(21,22)18-3-1-2-17(14-18)16-7-12-24(13-8-16)11-6-15-4-9-23-10-5-15;1-16-5-4-6-18(15-16)17-8-12-21(13-9-17)14-10-19-7-2-3-11-20-19/h1-11,17H,12-16H2;1-9,11,16-17H,10,12-15H2;2-7,10,14H,8-9,11-13H2,1H3;1-5,7,9,13-14H,6,8,10-12H2;1-5,7,9-10,14H,6,8,11-13H2;2-8,11,15H,9-10,12-14H2,1H3. The van der Waals surface area contributed by atoms with Gasteiger partial charge >= 0.3 is 30.9 Å². The highest BCUT2D eigenvalue weighted by atomic mass is 19.4. The molecular weight excluding hydrogens is 1930 g/mol. The van der Waals surface area contributed by atoms with Gasteiger partial charge in [-0.25, -0.2) is 0 Å². The molecule has 150 heavy (non-hydrogen) atoms. The highest BCUT2D eigenvalue weighted by molar-refractivity contribution is 5.86. The van der Waals surface area contributed by atoms with Gasteiger partial charge in [-0.05, 0) is 291 Å². The molecule has 0 bridgehead atoms. The maximum atomic E-state index is 12.9. The predicted molar refractivity (Wildman–Crippen MR) is 574 cm³/mol. The van der Waals surface area contributed by atoms with E-state index in [9.17, 15) is 65.9 Å². The van der Waals surface area contributed by atoms with Crippen molar-refractivity contribution >= 4 is 55.0 Å². The minimum atomic E-state index is -4.30. The average Bonchev–Trinajstić information content (AvgIpc) is 0.835. The van der Waals surface area contributed by atoms with Crippen molar-refractivity contribution < 1.29 is 65.9 Å². The van der Waals surface area contributed by atoms with E-state index in [1.54, 1.807) is 48.9 Å². The number of nitrogens with zero attached hydrogens (tertiary/aromatic N) is 10. The van der Waals surface area contributed by atoms with Gasteiger partial charge in [-0.3, -0.25) is 49.3 Å². The van der Waals surface area contributed by atoms with Crippen LogP contribution in [0, 0.1) is 13.8 Å². The Morgan fingerprint density at radius 2 is 0.600 bits per heavy atom. The van der Waals surface area contributed by atoms with E-state index in [0.29, 0.717) is 27.8 Å². The number of hydrogen-bond acceptors (Lipinski definition) is 10. The molecule has 14 aromatic rings. The number of halogens is 15. The molecule has 0 fully saturated rings. The second-order valence-electron chi connectivity index (χ2n) is 38.6. The Kier molecular flexibility index (Phi) is 39.3. The van der Waals surface area contributed by atoms with E-state index in [-0.39, 0.29) is 0 Å². The highest BCUT2D eigenvalue weighted by Gasteiger charge is 2.36. The highest BCUT2D eigenvalue weighted by Crippen LogP contribution is 2.40. The van der Waals surface area contributed by atoms with Crippen LogP contribution in [-0.4, -0.2) is 167 Å². The first kappa shape index (κ1) is 111. The lowest BCUT2D eigenvalue weighted by atomic mass is 9.97. The molecule has 10 heterocycles. The molecule has 0 atom stereocenters. The normalized spacial score (nSPS) is 15.8. The van der Waals surface area contributed by atoms with E-state index in [1.807, 2.05) is 73.2 Å². The molecule has 10 nitrogen and oxygen atoms in total. The zero-order chi connectivity index (χ0) is 105. The molecule has 0 radical (unpaired) electrons. The van der Waals surface area contributed by atoms with E-state index in [4.69, 9.17) is 0 Å². The van der Waals surface area contributed by atoms with Gasteiger partial charge in [0.25, 0.3) is 0 Å². The number of alkyl halides is 15. The van der Waals surface area contributed by atoms with Crippen LogP contribution in [0.3, 0.4) is 0 Å². The fourth-order valence-corrected chi connectivity index (χ4v) is 19.4. The predicted octanol–water partition coefficient (Wildman–Crippen LogP) is 29.7. The maximum absolute atomic E-state index is 12.9. The number of pyridine rings is 4. The number of hydrogen-bond donors (Lipinski definition) is 0. The molecule has 780 valence electrons. The van der Waals surface area contributed by atoms with Crippen LogP contribution in [-0.2, 0) is 69.4 Å². The number of benzene rings is 10. The maximum Gasteiger partial charge on any atom is 0.416 e. The lowest BCUT2D eigenvalue weighted by Gasteiger charge is -2.27. The van der Waals surface area contributed by atoms with Crippen molar-refractivity contribution in [1.82, 2.24) is 49.3 Å². The molecule has 20 rings (SSSR count). The first-order valence-electron chi connectivity index (χ1n) is 51.2. The van der Waals surface area contributed by atoms with Gasteiger partial charge in [-0.1, -0.05) is 230 Å². The molecule has 0 N–H and O–H groups in total. The van der Waals surface area contributed by atoms with E-state index >= 15 is 0 Å². The molecule has 0 spiro atoms. The topological polar surface area (TPSA) is 71.0 Å². The van der Waals surface area contributed by atoms with Gasteiger partial charge in [-0.15, -0.1) is 0 Å². The van der Waals surface area contributed by atoms with Gasteiger partial charge in [0.05, 0.1) is 27.8 Å². The SMILES string of the molecule is Cc1cccc(C2=CCN(CCc3ccccn3)CC2)c1.Cc1cccnc1CCN1CC=C(c2cccc(C(F)(F)F)c2)CC1.FC(F)(F)c1cccc(C2=CCN(CCc3ccc4ccccc4c3)CC2)c1.FC(F)(F)c1cccc(C2=CCN(CCc3cccc4ccccc34)CC2)c1.FC(F)(F)c1cccc(C2=CCN(CCc3cccnc3)CC2)c1.FC(F)(F)c1cccc(C2=CCN(CCc3ccncc3)CC2)c1. The summed E-state index contributed by atoms with van der Waals surface area (Å²) < 4.78 is 193. The summed E-state index contributed by atoms with van der Waals surface area (Å²) >= 11 is 0. The smallest absolute Gasteiger partial charge is 0.299 e. The van der Waals surface area contributed by atoms with Crippen LogP contribution >= 0.6 is 0 Å². The number of aromatic nitrogens is 4. The largest absolute Gasteiger partial charge is 0.416 e. The number of fused-ring (bicyclic) bond motifs is 2. The second kappa shape index (κ2) is 53.3. The molecule has 4 aromatic heterocycles. The lowest BCUT2D eigenvalue weighted by molar-refractivity contribution is -0.138. The Balaban J connectivity index is 0.000000135. The number of rotatable bonds is 24. The lowest BCUT2D eigenvalue weighted by Crippen LogP contribution is -2.30. The summed E-state index contributed by atoms with van der Waals surface area (Å²) in [5.74, 6) is 0. The van der Waals surface area contributed by atoms with Crippen molar-refractivity contribution in [2.24, 2.45) is 0 Å². The van der Waals surface area contributed by atoms with E-state index < -0.39 is 58.7 Å². The van der Waals surface area contributed by atoms with Gasteiger partial charge < -0.3 is 0 Å². The van der Waals surface area contributed by atoms with Crippen LogP contribution in [0.2, 0.25) is 0 Å². The van der Waals surface area contributed by atoms with Crippen LogP contribution in [0.25, 0.3) is 55.0 Å². The van der Waals surface area contributed by atoms with Crippen LogP contribution in [0.1, 0.15) is 144 Å². The molecule has 10 aromatic carbocycles. The van der Waals surface area contributed by atoms with Crippen LogP contribution in [0.5, 0.6) is 0 Å². The fraction of sp³-hybridized carbons (Fsp3) is 0.296. The Labute approximate surface area is 869 Å². The van der Waals surface area contributed by atoms with Crippen LogP contribution < -0.4 is 0 Å². The monoisotopic (exact) mass is 2050 g/mol. The van der Waals surface area contributed by atoms with Crippen molar-refractivity contribution in [3.8, 4) is 0 Å². The first-order valence-corrected chi connectivity index (χ1v) is 51.2. The third-order valence-corrected chi connectivity index (χ3v) is 28.2. The Bertz CT molecular complexity index is 6790. The Morgan fingerprint density at radius 1 is 0.247 bits per heavy atom. The van der Waals surface area contributed by atoms with Gasteiger partial charge in [0.15, 0.2) is 0 Å². The molecule has 0 unspecified atom stereocenters. The summed E-state index contributed by atoms with van der Waals surface area (Å²) in [5, 5.41) is 5.05. The fourth-order valence-electron chi connectivity index (χ4n) is 19.4. The van der Waals surface area contributed by atoms with E-state index in [2.05, 4.69) is 209 Å². The number of aryl methyl sites for hydroxylation is 2. The van der Waals surface area contributed by atoms with Crippen molar-refractivity contribution in [2.75, 3.05) is 118 Å². The third-order valence-electron chi connectivity index (χ3n) is 28.2. The van der Waals surface area contributed by atoms with Gasteiger partial charge in [-0.2, -0.15) is 65.9 Å². The summed E-state index contributed by atoms with van der Waals surface area (Å²) in [5.41, 5.74) is 18.3. The van der Waals surface area contributed by atoms with E-state index in [0.717, 1.165) is 259 Å². The minimum absolute atomic E-state index is 0.579. The summed E-state index contributed by atoms with van der Waals surface area (Å²) in [4.78, 5) is 31.1. The van der Waals surface area contributed by atoms with Gasteiger partial charge in [0, 0.05) is 179 Å². The summed E-state index contributed by atoms with van der Waals surface area (Å²) in [6.45, 7) is 20.4. The zero-order valence-electron chi connectivity index (χ0n) is 84.4. The summed E-state index contributed by atoms with van der Waals surface area (Å²) in [7, 11) is 0. The molecule has 25 heteroatoms. The Hall–Kier alpha value is -13.5. The second-order valence-corrected chi connectivity index (χ2v) is 38.6. The molecule has 6 aliphatic rings. The minimum Gasteiger partial charge on any atom is -0.299 e. The third kappa shape index (κ3) is 33.7. The zero-order valence-corrected chi connectivity index (χ0v) is 84.4. The molecule has 0 saturated heterocycles. The molecule has 0 aliphatic carbocycles. The van der Waals surface area contributed by atoms with E-state index in [1.165, 1.54) is 132 Å². The van der Waals surface area contributed by atoms with Gasteiger partial charge in [0.1, 0.15) is 0 Å². The molecule has 0 amide bonds. The van der Waals surface area contributed by atoms with Crippen molar-refractivity contribution in [3.63, 3.8) is 0 Å². The van der Waals surface area contributed by atoms with Crippen molar-refractivity contribution in [1.29, 1.82) is 0 Å². The van der Waals surface area contributed by atoms with Gasteiger partial charge in [0.2, 0.25) is 0 Å². The van der Waals surface area contributed by atoms with Crippen molar-refractivity contribution in [3.05, 3.63) is 465 Å². The molecule has 6 aliphatic heterocycles. The van der Waals surface area contributed by atoms with Crippen molar-refractivity contribution in [2.45, 2.75) is 122 Å². The van der Waals surface area contributed by atoms with Crippen LogP contribution in [0.4, 0.5) is 65.9 Å². The first-order chi connectivity index (χ1) is 72.3. The quantitative estimate of drug-likeness (QED) is 0.0546. The molecular formula is C125H125F15N10. The molecule has 0 saturated carbocycles.